The largest absolute Gasteiger partial charge is 0.377 e. The number of carbonyl (C=O) groups is 1. The predicted molar refractivity (Wildman–Crippen MR) is 108 cm³/mol. The van der Waals surface area contributed by atoms with E-state index < -0.39 is 5.54 Å². The van der Waals surface area contributed by atoms with E-state index in [1.807, 2.05) is 11.8 Å². The summed E-state index contributed by atoms with van der Waals surface area (Å²) in [5.74, 6) is 1.21. The number of nitrogens with zero attached hydrogens (tertiary/aromatic N) is 2. The van der Waals surface area contributed by atoms with Gasteiger partial charge in [-0.2, -0.15) is 0 Å². The van der Waals surface area contributed by atoms with Crippen molar-refractivity contribution < 1.29 is 9.53 Å². The Bertz CT molecular complexity index is 681. The van der Waals surface area contributed by atoms with E-state index >= 15 is 0 Å². The van der Waals surface area contributed by atoms with Crippen LogP contribution < -0.4 is 0 Å². The van der Waals surface area contributed by atoms with Gasteiger partial charge in [-0.05, 0) is 43.4 Å². The normalized spacial score (nSPS) is 18.8. The number of halogens is 1. The number of amides is 1. The number of hydrogen-bond acceptors (Lipinski definition) is 3. The van der Waals surface area contributed by atoms with E-state index in [-0.39, 0.29) is 5.91 Å². The third-order valence-corrected chi connectivity index (χ3v) is 6.17. The fourth-order valence-electron chi connectivity index (χ4n) is 3.93. The minimum atomic E-state index is -0.452. The number of ether oxygens (including phenoxy) is 1. The molecule has 3 rings (SSSR count). The third kappa shape index (κ3) is 4.04. The second-order valence-corrected chi connectivity index (χ2v) is 8.18. The van der Waals surface area contributed by atoms with Crippen molar-refractivity contribution in [3.8, 4) is 0 Å². The van der Waals surface area contributed by atoms with Gasteiger partial charge in [-0.15, -0.1) is 0 Å². The quantitative estimate of drug-likeness (QED) is 0.577. The lowest BCUT2D eigenvalue weighted by Gasteiger charge is -2.23. The van der Waals surface area contributed by atoms with Crippen LogP contribution in [0.2, 0.25) is 0 Å². The summed E-state index contributed by atoms with van der Waals surface area (Å²) in [6, 6.07) is 6.28. The minimum Gasteiger partial charge on any atom is -0.377 e. The van der Waals surface area contributed by atoms with E-state index in [4.69, 9.17) is 9.73 Å². The second kappa shape index (κ2) is 8.66. The molecule has 142 valence electrons. The van der Waals surface area contributed by atoms with Gasteiger partial charge in [0.25, 0.3) is 5.91 Å². The van der Waals surface area contributed by atoms with Gasteiger partial charge in [-0.25, -0.2) is 0 Å². The van der Waals surface area contributed by atoms with Gasteiger partial charge in [-0.3, -0.25) is 14.7 Å². The Morgan fingerprint density at radius 3 is 2.73 bits per heavy atom. The van der Waals surface area contributed by atoms with Crippen molar-refractivity contribution in [2.75, 3.05) is 6.61 Å². The molecule has 26 heavy (non-hydrogen) atoms. The van der Waals surface area contributed by atoms with Crippen LogP contribution >= 0.6 is 15.9 Å². The van der Waals surface area contributed by atoms with Gasteiger partial charge in [0.2, 0.25) is 0 Å². The fraction of sp³-hybridized carbons (Fsp3) is 0.619. The summed E-state index contributed by atoms with van der Waals surface area (Å²) in [6.07, 6.45) is 7.13. The van der Waals surface area contributed by atoms with Gasteiger partial charge < -0.3 is 4.74 Å². The number of aliphatic imine (C=N–C) groups is 1. The van der Waals surface area contributed by atoms with Crippen molar-refractivity contribution >= 4 is 27.7 Å². The molecule has 1 saturated carbocycles. The van der Waals surface area contributed by atoms with E-state index in [1.54, 1.807) is 0 Å². The van der Waals surface area contributed by atoms with Crippen LogP contribution in [0, 0.1) is 0 Å². The van der Waals surface area contributed by atoms with Gasteiger partial charge in [-0.1, -0.05) is 54.2 Å². The first-order valence-corrected chi connectivity index (χ1v) is 10.6. The Kier molecular flexibility index (Phi) is 6.51. The smallest absolute Gasteiger partial charge is 0.256 e. The average molecular weight is 421 g/mol. The topological polar surface area (TPSA) is 41.9 Å². The van der Waals surface area contributed by atoms with Crippen molar-refractivity contribution in [2.45, 2.75) is 77.5 Å². The van der Waals surface area contributed by atoms with E-state index in [9.17, 15) is 4.79 Å². The Hall–Kier alpha value is -1.20. The SMILES string of the molecule is CCCCC1=NC2(CCCC2)C(=O)N1Cc1ccc(Br)c(COCC)c1. The predicted octanol–water partition coefficient (Wildman–Crippen LogP) is 5.23. The Morgan fingerprint density at radius 2 is 2.04 bits per heavy atom. The number of amidine groups is 1. The number of hydrogen-bond donors (Lipinski definition) is 0. The molecule has 1 aromatic carbocycles. The highest BCUT2D eigenvalue weighted by Crippen LogP contribution is 2.40. The first-order valence-electron chi connectivity index (χ1n) is 9.85. The van der Waals surface area contributed by atoms with Gasteiger partial charge >= 0.3 is 0 Å². The lowest BCUT2D eigenvalue weighted by molar-refractivity contribution is -0.131. The van der Waals surface area contributed by atoms with Crippen LogP contribution in [0.5, 0.6) is 0 Å². The molecule has 5 heteroatoms. The minimum absolute atomic E-state index is 0.218. The maximum atomic E-state index is 13.2. The first kappa shape index (κ1) is 19.6. The molecule has 1 fully saturated rings. The number of rotatable bonds is 8. The van der Waals surface area contributed by atoms with Crippen LogP contribution in [0.15, 0.2) is 27.7 Å². The molecular weight excluding hydrogens is 392 g/mol. The van der Waals surface area contributed by atoms with E-state index in [0.717, 1.165) is 66.4 Å². The molecule has 0 aromatic heterocycles. The fourth-order valence-corrected chi connectivity index (χ4v) is 4.29. The molecule has 4 nitrogen and oxygen atoms in total. The molecule has 1 spiro atoms. The molecule has 1 heterocycles. The van der Waals surface area contributed by atoms with Crippen LogP contribution in [-0.4, -0.2) is 28.8 Å². The van der Waals surface area contributed by atoms with Crippen molar-refractivity contribution in [1.29, 1.82) is 0 Å². The average Bonchev–Trinajstić information content (AvgIpc) is 3.21. The van der Waals surface area contributed by atoms with Crippen molar-refractivity contribution in [3.63, 3.8) is 0 Å². The maximum Gasteiger partial charge on any atom is 0.256 e. The van der Waals surface area contributed by atoms with Crippen LogP contribution in [0.4, 0.5) is 0 Å². The summed E-state index contributed by atoms with van der Waals surface area (Å²) in [5.41, 5.74) is 1.81. The summed E-state index contributed by atoms with van der Waals surface area (Å²) in [7, 11) is 0. The van der Waals surface area contributed by atoms with Gasteiger partial charge in [0.15, 0.2) is 0 Å². The van der Waals surface area contributed by atoms with Crippen LogP contribution in [0.25, 0.3) is 0 Å². The van der Waals surface area contributed by atoms with Gasteiger partial charge in [0.05, 0.1) is 13.2 Å². The molecular formula is C21H29BrN2O2. The van der Waals surface area contributed by atoms with Gasteiger partial charge in [0.1, 0.15) is 11.4 Å². The Morgan fingerprint density at radius 1 is 1.27 bits per heavy atom. The number of unbranched alkanes of at least 4 members (excludes halogenated alkanes) is 1. The molecule has 0 bridgehead atoms. The summed E-state index contributed by atoms with van der Waals surface area (Å²) in [5, 5.41) is 0. The van der Waals surface area contributed by atoms with Crippen molar-refractivity contribution in [3.05, 3.63) is 33.8 Å². The molecule has 0 atom stereocenters. The van der Waals surface area contributed by atoms with Gasteiger partial charge in [0, 0.05) is 17.5 Å². The standard InChI is InChI=1S/C21H29BrN2O2/c1-3-5-8-19-23-21(11-6-7-12-21)20(25)24(19)14-16-9-10-18(22)17(13-16)15-26-4-2/h9-10,13H,3-8,11-12,14-15H2,1-2H3. The Labute approximate surface area is 165 Å². The van der Waals surface area contributed by atoms with Crippen LogP contribution in [0.3, 0.4) is 0 Å². The molecule has 2 aliphatic rings. The third-order valence-electron chi connectivity index (χ3n) is 5.40. The highest BCUT2D eigenvalue weighted by molar-refractivity contribution is 9.10. The molecule has 1 amide bonds. The van der Waals surface area contributed by atoms with Crippen LogP contribution in [0.1, 0.15) is 69.9 Å². The highest BCUT2D eigenvalue weighted by atomic mass is 79.9. The lowest BCUT2D eigenvalue weighted by atomic mass is 9.98. The highest BCUT2D eigenvalue weighted by Gasteiger charge is 2.49. The molecule has 1 aliphatic heterocycles. The molecule has 1 aliphatic carbocycles. The number of benzene rings is 1. The summed E-state index contributed by atoms with van der Waals surface area (Å²) < 4.78 is 6.61. The van der Waals surface area contributed by atoms with Crippen LogP contribution in [-0.2, 0) is 22.7 Å². The molecule has 0 N–H and O–H groups in total. The zero-order valence-electron chi connectivity index (χ0n) is 15.9. The first-order chi connectivity index (χ1) is 12.6. The molecule has 1 aromatic rings. The monoisotopic (exact) mass is 420 g/mol. The summed E-state index contributed by atoms with van der Waals surface area (Å²) >= 11 is 3.60. The zero-order chi connectivity index (χ0) is 18.6. The van der Waals surface area contributed by atoms with E-state index in [0.29, 0.717) is 19.8 Å². The molecule has 0 saturated heterocycles. The lowest BCUT2D eigenvalue weighted by Crippen LogP contribution is -2.40. The van der Waals surface area contributed by atoms with Crippen molar-refractivity contribution in [1.82, 2.24) is 4.90 Å². The van der Waals surface area contributed by atoms with Crippen molar-refractivity contribution in [2.24, 2.45) is 4.99 Å². The molecule has 0 unspecified atom stereocenters. The maximum absolute atomic E-state index is 13.2. The number of carbonyl (C=O) groups excluding carboxylic acids is 1. The van der Waals surface area contributed by atoms with E-state index in [1.165, 1.54) is 0 Å². The summed E-state index contributed by atoms with van der Waals surface area (Å²) in [6.45, 7) is 6.06. The Balaban J connectivity index is 1.80. The zero-order valence-corrected chi connectivity index (χ0v) is 17.5. The summed E-state index contributed by atoms with van der Waals surface area (Å²) in [4.78, 5) is 20.1. The molecule has 0 radical (unpaired) electrons. The van der Waals surface area contributed by atoms with E-state index in [2.05, 4.69) is 41.1 Å². The second-order valence-electron chi connectivity index (χ2n) is 7.32.